The Morgan fingerprint density at radius 1 is 1.28 bits per heavy atom. The van der Waals surface area contributed by atoms with E-state index in [0.717, 1.165) is 37.2 Å². The van der Waals surface area contributed by atoms with E-state index in [0.29, 0.717) is 24.4 Å². The summed E-state index contributed by atoms with van der Waals surface area (Å²) in [7, 11) is 0. The molecule has 1 saturated heterocycles. The van der Waals surface area contributed by atoms with Crippen LogP contribution in [0.25, 0.3) is 0 Å². The number of anilines is 1. The van der Waals surface area contributed by atoms with Gasteiger partial charge in [0.2, 0.25) is 0 Å². The van der Waals surface area contributed by atoms with Crippen molar-refractivity contribution >= 4 is 11.6 Å². The van der Waals surface area contributed by atoms with Gasteiger partial charge in [-0.05, 0) is 30.0 Å². The van der Waals surface area contributed by atoms with Crippen LogP contribution in [0.2, 0.25) is 0 Å². The maximum absolute atomic E-state index is 11.4. The summed E-state index contributed by atoms with van der Waals surface area (Å²) in [5.41, 5.74) is 8.70. The standard InChI is InChI=1S/C19H23N3O3/c20-19(23)17-12-21-7-4-18(17)22-11-14-2-1-3-15(10-14)13-25-16-5-8-24-9-6-16/h1-4,7,10,12,16H,5-6,8-9,11,13H2,(H2,20,23)(H,21,22). The molecule has 2 aromatic rings. The van der Waals surface area contributed by atoms with Gasteiger partial charge in [-0.3, -0.25) is 9.78 Å². The number of carbonyl (C=O) groups excluding carboxylic acids is 1. The molecule has 1 aromatic heterocycles. The third-order valence-electron chi connectivity index (χ3n) is 4.21. The molecule has 6 heteroatoms. The predicted molar refractivity (Wildman–Crippen MR) is 95.2 cm³/mol. The Kier molecular flexibility index (Phi) is 5.98. The number of nitrogens with one attached hydrogen (secondary N) is 1. The number of primary amides is 1. The van der Waals surface area contributed by atoms with E-state index in [1.807, 2.05) is 12.1 Å². The molecule has 0 unspecified atom stereocenters. The van der Waals surface area contributed by atoms with Crippen LogP contribution in [-0.4, -0.2) is 30.2 Å². The van der Waals surface area contributed by atoms with Crippen molar-refractivity contribution in [1.29, 1.82) is 0 Å². The SMILES string of the molecule is NC(=O)c1cnccc1NCc1cccc(COC2CCOCC2)c1. The van der Waals surface area contributed by atoms with E-state index in [1.165, 1.54) is 6.20 Å². The minimum absolute atomic E-state index is 0.283. The van der Waals surface area contributed by atoms with Crippen molar-refractivity contribution in [3.05, 3.63) is 59.4 Å². The molecule has 1 aliphatic rings. The summed E-state index contributed by atoms with van der Waals surface area (Å²) in [6.45, 7) is 2.75. The molecule has 0 saturated carbocycles. The first-order valence-electron chi connectivity index (χ1n) is 8.47. The second-order valence-corrected chi connectivity index (χ2v) is 6.08. The number of nitrogens with two attached hydrogens (primary N) is 1. The van der Waals surface area contributed by atoms with Gasteiger partial charge in [-0.25, -0.2) is 0 Å². The topological polar surface area (TPSA) is 86.5 Å². The van der Waals surface area contributed by atoms with Crippen molar-refractivity contribution in [2.75, 3.05) is 18.5 Å². The minimum atomic E-state index is -0.491. The second kappa shape index (κ2) is 8.60. The van der Waals surface area contributed by atoms with Gasteiger partial charge in [0.25, 0.3) is 5.91 Å². The van der Waals surface area contributed by atoms with Crippen LogP contribution in [0.5, 0.6) is 0 Å². The monoisotopic (exact) mass is 341 g/mol. The molecule has 2 heterocycles. The zero-order valence-electron chi connectivity index (χ0n) is 14.1. The molecular weight excluding hydrogens is 318 g/mol. The molecule has 0 spiro atoms. The third kappa shape index (κ3) is 5.01. The summed E-state index contributed by atoms with van der Waals surface area (Å²) in [4.78, 5) is 15.4. The number of nitrogens with zero attached hydrogens (tertiary/aromatic N) is 1. The van der Waals surface area contributed by atoms with Gasteiger partial charge in [-0.2, -0.15) is 0 Å². The largest absolute Gasteiger partial charge is 0.381 e. The summed E-state index contributed by atoms with van der Waals surface area (Å²) >= 11 is 0. The predicted octanol–water partition coefficient (Wildman–Crippen LogP) is 2.49. The number of hydrogen-bond donors (Lipinski definition) is 2. The number of rotatable bonds is 7. The van der Waals surface area contributed by atoms with Crippen LogP contribution in [0, 0.1) is 0 Å². The van der Waals surface area contributed by atoms with Gasteiger partial charge in [0.05, 0.1) is 24.0 Å². The van der Waals surface area contributed by atoms with Crippen LogP contribution in [0.15, 0.2) is 42.7 Å². The molecule has 25 heavy (non-hydrogen) atoms. The summed E-state index contributed by atoms with van der Waals surface area (Å²) in [5.74, 6) is -0.491. The highest BCUT2D eigenvalue weighted by Gasteiger charge is 2.14. The van der Waals surface area contributed by atoms with E-state index in [9.17, 15) is 4.79 Å². The van der Waals surface area contributed by atoms with Crippen molar-refractivity contribution in [2.45, 2.75) is 32.1 Å². The fourth-order valence-corrected chi connectivity index (χ4v) is 2.83. The van der Waals surface area contributed by atoms with Crippen LogP contribution in [-0.2, 0) is 22.6 Å². The molecule has 1 amide bonds. The number of hydrogen-bond acceptors (Lipinski definition) is 5. The lowest BCUT2D eigenvalue weighted by Crippen LogP contribution is -2.23. The van der Waals surface area contributed by atoms with Crippen LogP contribution >= 0.6 is 0 Å². The van der Waals surface area contributed by atoms with E-state index >= 15 is 0 Å². The average Bonchev–Trinajstić information content (AvgIpc) is 2.66. The van der Waals surface area contributed by atoms with Crippen LogP contribution in [0.1, 0.15) is 34.3 Å². The van der Waals surface area contributed by atoms with Gasteiger partial charge in [-0.1, -0.05) is 24.3 Å². The number of aromatic nitrogens is 1. The van der Waals surface area contributed by atoms with E-state index < -0.39 is 5.91 Å². The van der Waals surface area contributed by atoms with Crippen LogP contribution in [0.4, 0.5) is 5.69 Å². The smallest absolute Gasteiger partial charge is 0.252 e. The van der Waals surface area contributed by atoms with Crippen molar-refractivity contribution in [3.63, 3.8) is 0 Å². The molecule has 3 rings (SSSR count). The molecular formula is C19H23N3O3. The third-order valence-corrected chi connectivity index (χ3v) is 4.21. The Morgan fingerprint density at radius 3 is 2.88 bits per heavy atom. The Morgan fingerprint density at radius 2 is 2.08 bits per heavy atom. The molecule has 1 fully saturated rings. The quantitative estimate of drug-likeness (QED) is 0.808. The van der Waals surface area contributed by atoms with Gasteiger partial charge < -0.3 is 20.5 Å². The summed E-state index contributed by atoms with van der Waals surface area (Å²) < 4.78 is 11.3. The van der Waals surface area contributed by atoms with Gasteiger partial charge in [-0.15, -0.1) is 0 Å². The van der Waals surface area contributed by atoms with Crippen LogP contribution in [0.3, 0.4) is 0 Å². The van der Waals surface area contributed by atoms with Gasteiger partial charge in [0, 0.05) is 32.2 Å². The number of ether oxygens (including phenoxy) is 2. The Labute approximate surface area is 147 Å². The normalized spacial score (nSPS) is 15.0. The zero-order valence-corrected chi connectivity index (χ0v) is 14.1. The first-order valence-corrected chi connectivity index (χ1v) is 8.47. The number of amides is 1. The van der Waals surface area contributed by atoms with E-state index in [4.69, 9.17) is 15.2 Å². The van der Waals surface area contributed by atoms with Gasteiger partial charge >= 0.3 is 0 Å². The number of pyridine rings is 1. The lowest BCUT2D eigenvalue weighted by atomic mass is 10.1. The van der Waals surface area contributed by atoms with Crippen LogP contribution < -0.4 is 11.1 Å². The van der Waals surface area contributed by atoms with E-state index in [1.54, 1.807) is 12.3 Å². The molecule has 0 radical (unpaired) electrons. The molecule has 1 aromatic carbocycles. The fraction of sp³-hybridized carbons (Fsp3) is 0.368. The maximum atomic E-state index is 11.4. The molecule has 3 N–H and O–H groups in total. The van der Waals surface area contributed by atoms with Gasteiger partial charge in [0.1, 0.15) is 0 Å². The van der Waals surface area contributed by atoms with E-state index in [2.05, 4.69) is 22.4 Å². The van der Waals surface area contributed by atoms with Gasteiger partial charge in [0.15, 0.2) is 0 Å². The van der Waals surface area contributed by atoms with Crippen molar-refractivity contribution in [3.8, 4) is 0 Å². The lowest BCUT2D eigenvalue weighted by molar-refractivity contribution is -0.0390. The molecule has 0 atom stereocenters. The molecule has 0 aliphatic carbocycles. The highest BCUT2D eigenvalue weighted by atomic mass is 16.5. The maximum Gasteiger partial charge on any atom is 0.252 e. The fourth-order valence-electron chi connectivity index (χ4n) is 2.83. The minimum Gasteiger partial charge on any atom is -0.381 e. The van der Waals surface area contributed by atoms with Crippen molar-refractivity contribution < 1.29 is 14.3 Å². The Balaban J connectivity index is 1.57. The summed E-state index contributed by atoms with van der Waals surface area (Å²) in [5, 5.41) is 3.25. The molecule has 0 bridgehead atoms. The number of benzene rings is 1. The Bertz CT molecular complexity index is 715. The lowest BCUT2D eigenvalue weighted by Gasteiger charge is -2.22. The van der Waals surface area contributed by atoms with Crippen molar-refractivity contribution in [1.82, 2.24) is 4.98 Å². The Hall–Kier alpha value is -2.44. The zero-order chi connectivity index (χ0) is 17.5. The van der Waals surface area contributed by atoms with Crippen molar-refractivity contribution in [2.24, 2.45) is 5.73 Å². The molecule has 132 valence electrons. The highest BCUT2D eigenvalue weighted by Crippen LogP contribution is 2.17. The second-order valence-electron chi connectivity index (χ2n) is 6.08. The first-order chi connectivity index (χ1) is 12.2. The number of carbonyl (C=O) groups is 1. The summed E-state index contributed by atoms with van der Waals surface area (Å²) in [6.07, 6.45) is 5.30. The average molecular weight is 341 g/mol. The molecule has 6 nitrogen and oxygen atoms in total. The molecule has 1 aliphatic heterocycles. The highest BCUT2D eigenvalue weighted by molar-refractivity contribution is 5.98. The van der Waals surface area contributed by atoms with E-state index in [-0.39, 0.29) is 6.10 Å². The first kappa shape index (κ1) is 17.4. The summed E-state index contributed by atoms with van der Waals surface area (Å²) in [6, 6.07) is 9.97.